The second kappa shape index (κ2) is 10.3. The van der Waals surface area contributed by atoms with E-state index in [1.807, 2.05) is 12.1 Å². The fraction of sp³-hybridized carbons (Fsp3) is 0.562. The van der Waals surface area contributed by atoms with Crippen LogP contribution in [0.15, 0.2) is 36.4 Å². The minimum Gasteiger partial charge on any atom is -0.461 e. The molecule has 0 amide bonds. The Labute approximate surface area is 242 Å². The lowest BCUT2D eigenvalue weighted by Crippen LogP contribution is -2.52. The van der Waals surface area contributed by atoms with Gasteiger partial charge in [0, 0.05) is 48.4 Å². The summed E-state index contributed by atoms with van der Waals surface area (Å²) in [4.78, 5) is 17.9. The number of hydrogen-bond donors (Lipinski definition) is 1. The average Bonchev–Trinajstić information content (AvgIpc) is 3.64. The van der Waals surface area contributed by atoms with Gasteiger partial charge in [0.2, 0.25) is 0 Å². The van der Waals surface area contributed by atoms with Crippen molar-refractivity contribution in [1.82, 2.24) is 20.2 Å². The molecule has 0 radical (unpaired) electrons. The molecule has 4 saturated heterocycles. The average molecular weight is 561 g/mol. The second-order valence-corrected chi connectivity index (χ2v) is 12.7. The molecule has 4 fully saturated rings. The molecule has 1 N–H and O–H groups in total. The van der Waals surface area contributed by atoms with Crippen LogP contribution in [0.4, 0.5) is 11.5 Å². The summed E-state index contributed by atoms with van der Waals surface area (Å²) in [5.41, 5.74) is 3.76. The van der Waals surface area contributed by atoms with E-state index in [-0.39, 0.29) is 13.0 Å². The number of halogens is 1. The molecule has 1 aromatic heterocycles. The van der Waals surface area contributed by atoms with Crippen molar-refractivity contribution >= 4 is 33.9 Å². The Morgan fingerprint density at radius 2 is 1.70 bits per heavy atom. The molecule has 5 aliphatic rings. The highest BCUT2D eigenvalue weighted by molar-refractivity contribution is 6.36. The molecular weight excluding hydrogens is 520 g/mol. The van der Waals surface area contributed by atoms with Crippen LogP contribution in [0.25, 0.3) is 10.8 Å². The van der Waals surface area contributed by atoms with Crippen molar-refractivity contribution in [2.24, 2.45) is 0 Å². The molecule has 8 heteroatoms. The first-order chi connectivity index (χ1) is 19.1. The Morgan fingerprint density at radius 3 is 2.48 bits per heavy atom. The fourth-order valence-corrected chi connectivity index (χ4v) is 8.37. The Bertz CT molecular complexity index is 1390. The summed E-state index contributed by atoms with van der Waals surface area (Å²) in [6, 6.07) is 14.3. The molecule has 2 atom stereocenters. The minimum absolute atomic E-state index is 0. The molecule has 0 spiro atoms. The fourth-order valence-electron chi connectivity index (χ4n) is 8.09. The molecule has 6 heterocycles. The second-order valence-electron chi connectivity index (χ2n) is 12.3. The van der Waals surface area contributed by atoms with Gasteiger partial charge in [-0.05, 0) is 75.6 Å². The van der Waals surface area contributed by atoms with Crippen molar-refractivity contribution in [3.8, 4) is 6.01 Å². The normalized spacial score (nSPS) is 25.1. The molecule has 212 valence electrons. The predicted molar refractivity (Wildman–Crippen MR) is 163 cm³/mol. The number of benzene rings is 2. The highest BCUT2D eigenvalue weighted by Crippen LogP contribution is 2.40. The maximum absolute atomic E-state index is 6.73. The minimum atomic E-state index is 0. The van der Waals surface area contributed by atoms with Gasteiger partial charge < -0.3 is 19.9 Å². The molecule has 3 aromatic rings. The largest absolute Gasteiger partial charge is 0.461 e. The Kier molecular flexibility index (Phi) is 6.80. The Hall–Kier alpha value is -2.61. The van der Waals surface area contributed by atoms with Crippen LogP contribution in [-0.4, -0.2) is 71.8 Å². The van der Waals surface area contributed by atoms with Gasteiger partial charge >= 0.3 is 6.01 Å². The van der Waals surface area contributed by atoms with Crippen molar-refractivity contribution in [3.05, 3.63) is 52.7 Å². The number of nitrogens with zero attached hydrogens (tertiary/aromatic N) is 5. The van der Waals surface area contributed by atoms with Gasteiger partial charge in [-0.3, -0.25) is 4.90 Å². The van der Waals surface area contributed by atoms with Gasteiger partial charge in [-0.15, -0.1) is 0 Å². The van der Waals surface area contributed by atoms with Crippen LogP contribution in [-0.2, 0) is 13.0 Å². The summed E-state index contributed by atoms with van der Waals surface area (Å²) in [5.74, 6) is 1.11. The van der Waals surface area contributed by atoms with Crippen molar-refractivity contribution in [2.75, 3.05) is 49.1 Å². The van der Waals surface area contributed by atoms with Gasteiger partial charge in [0.15, 0.2) is 0 Å². The van der Waals surface area contributed by atoms with E-state index in [9.17, 15) is 0 Å². The molecule has 8 rings (SSSR count). The lowest BCUT2D eigenvalue weighted by molar-refractivity contribution is 0.107. The van der Waals surface area contributed by atoms with Gasteiger partial charge in [0.05, 0.1) is 22.8 Å². The number of rotatable bonds is 5. The van der Waals surface area contributed by atoms with Crippen molar-refractivity contribution in [2.45, 2.75) is 76.5 Å². The van der Waals surface area contributed by atoms with Gasteiger partial charge in [0.25, 0.3) is 0 Å². The monoisotopic (exact) mass is 560 g/mol. The van der Waals surface area contributed by atoms with Crippen LogP contribution in [0.1, 0.15) is 57.2 Å². The number of hydrogen-bond acceptors (Lipinski definition) is 7. The third kappa shape index (κ3) is 4.41. The maximum Gasteiger partial charge on any atom is 0.318 e. The standard InChI is InChI=1S/C31H37ClN6O.CH4/c32-25-7-1-5-21-6-2-8-27(28(21)25)36-16-11-24-26(19-36)34-30(39-20-31-12-3-14-38(31)15-4-13-31)35-29(24)37-17-22-9-10-23(18-37)33-22;/h1-2,5-8,22-23,33H,3-4,9-20H2;1H4. The van der Waals surface area contributed by atoms with E-state index in [1.165, 1.54) is 68.3 Å². The Balaban J connectivity index is 0.00000264. The summed E-state index contributed by atoms with van der Waals surface area (Å²) in [5, 5.41) is 6.87. The van der Waals surface area contributed by atoms with Crippen LogP contribution in [0.5, 0.6) is 6.01 Å². The van der Waals surface area contributed by atoms with E-state index in [0.717, 1.165) is 54.5 Å². The molecule has 2 bridgehead atoms. The zero-order chi connectivity index (χ0) is 26.0. The first kappa shape index (κ1) is 26.3. The van der Waals surface area contributed by atoms with Crippen LogP contribution < -0.4 is 19.9 Å². The van der Waals surface area contributed by atoms with E-state index in [0.29, 0.717) is 24.7 Å². The van der Waals surface area contributed by atoms with Crippen LogP contribution >= 0.6 is 11.6 Å². The lowest BCUT2D eigenvalue weighted by atomic mass is 9.95. The van der Waals surface area contributed by atoms with E-state index in [1.54, 1.807) is 0 Å². The van der Waals surface area contributed by atoms with Crippen LogP contribution in [0, 0.1) is 0 Å². The van der Waals surface area contributed by atoms with Crippen molar-refractivity contribution in [3.63, 3.8) is 0 Å². The third-order valence-corrected chi connectivity index (χ3v) is 10.3. The van der Waals surface area contributed by atoms with E-state index in [4.69, 9.17) is 26.3 Å². The quantitative estimate of drug-likeness (QED) is 0.446. The zero-order valence-corrected chi connectivity index (χ0v) is 23.3. The summed E-state index contributed by atoms with van der Waals surface area (Å²) in [6.45, 7) is 6.78. The SMILES string of the molecule is C.Clc1cccc2cccc(N3CCc4c(nc(OCC56CCCN5CCC6)nc4N4CC5CCC(C4)N5)C3)c12. The van der Waals surface area contributed by atoms with E-state index < -0.39 is 0 Å². The smallest absolute Gasteiger partial charge is 0.318 e. The first-order valence-electron chi connectivity index (χ1n) is 14.9. The molecular formula is C32H41ClN6O. The van der Waals surface area contributed by atoms with Crippen LogP contribution in [0.3, 0.4) is 0 Å². The highest BCUT2D eigenvalue weighted by atomic mass is 35.5. The van der Waals surface area contributed by atoms with Crippen molar-refractivity contribution in [1.29, 1.82) is 0 Å². The number of piperazine rings is 1. The molecule has 2 aromatic carbocycles. The molecule has 40 heavy (non-hydrogen) atoms. The van der Waals surface area contributed by atoms with Gasteiger partial charge in [0.1, 0.15) is 12.4 Å². The van der Waals surface area contributed by atoms with E-state index >= 15 is 0 Å². The number of ether oxygens (including phenoxy) is 1. The maximum atomic E-state index is 6.73. The molecule has 0 aliphatic carbocycles. The topological polar surface area (TPSA) is 56.8 Å². The summed E-state index contributed by atoms with van der Waals surface area (Å²) in [7, 11) is 0. The molecule has 7 nitrogen and oxygen atoms in total. The van der Waals surface area contributed by atoms with Gasteiger partial charge in [-0.2, -0.15) is 9.97 Å². The number of fused-ring (bicyclic) bond motifs is 5. The number of anilines is 2. The van der Waals surface area contributed by atoms with Crippen molar-refractivity contribution < 1.29 is 4.74 Å². The van der Waals surface area contributed by atoms with E-state index in [2.05, 4.69) is 44.3 Å². The molecule has 2 unspecified atom stereocenters. The Morgan fingerprint density at radius 1 is 0.950 bits per heavy atom. The third-order valence-electron chi connectivity index (χ3n) is 9.99. The number of nitrogens with one attached hydrogen (secondary N) is 1. The summed E-state index contributed by atoms with van der Waals surface area (Å²) < 4.78 is 6.55. The zero-order valence-electron chi connectivity index (χ0n) is 22.5. The molecule has 0 saturated carbocycles. The number of aromatic nitrogens is 2. The van der Waals surface area contributed by atoms with Crippen LogP contribution in [0.2, 0.25) is 5.02 Å². The highest BCUT2D eigenvalue weighted by Gasteiger charge is 2.45. The lowest BCUT2D eigenvalue weighted by Gasteiger charge is -2.38. The molecule has 5 aliphatic heterocycles. The first-order valence-corrected chi connectivity index (χ1v) is 15.2. The van der Waals surface area contributed by atoms with Gasteiger partial charge in [-0.1, -0.05) is 43.3 Å². The summed E-state index contributed by atoms with van der Waals surface area (Å²) >= 11 is 6.73. The van der Waals surface area contributed by atoms with Gasteiger partial charge in [-0.25, -0.2) is 0 Å². The predicted octanol–water partition coefficient (Wildman–Crippen LogP) is 5.43. The summed E-state index contributed by atoms with van der Waals surface area (Å²) in [6.07, 6.45) is 8.42.